The summed E-state index contributed by atoms with van der Waals surface area (Å²) in [4.78, 5) is 0. The van der Waals surface area contributed by atoms with Gasteiger partial charge in [-0.1, -0.05) is 11.8 Å². The van der Waals surface area contributed by atoms with E-state index in [1.54, 1.807) is 0 Å². The van der Waals surface area contributed by atoms with Gasteiger partial charge in [-0.05, 0) is 19.1 Å². The summed E-state index contributed by atoms with van der Waals surface area (Å²) in [5.41, 5.74) is -0.443. The third kappa shape index (κ3) is 0.994. The van der Waals surface area contributed by atoms with Gasteiger partial charge in [0.25, 0.3) is 5.22 Å². The monoisotopic (exact) mass is 181 g/mol. The van der Waals surface area contributed by atoms with E-state index in [0.29, 0.717) is 11.1 Å². The molecule has 5 heteroatoms. The molecule has 1 aromatic rings. The van der Waals surface area contributed by atoms with Crippen LogP contribution in [0.15, 0.2) is 9.64 Å². The van der Waals surface area contributed by atoms with Crippen molar-refractivity contribution in [2.45, 2.75) is 23.5 Å². The van der Waals surface area contributed by atoms with Crippen molar-refractivity contribution in [3.8, 4) is 6.07 Å². The Morgan fingerprint density at radius 3 is 2.75 bits per heavy atom. The second-order valence-corrected chi connectivity index (χ2v) is 3.53. The zero-order chi connectivity index (χ0) is 8.60. The minimum Gasteiger partial charge on any atom is -0.414 e. The van der Waals surface area contributed by atoms with Crippen LogP contribution in [0, 0.1) is 11.3 Å². The smallest absolute Gasteiger partial charge is 0.276 e. The highest BCUT2D eigenvalue weighted by Crippen LogP contribution is 2.47. The van der Waals surface area contributed by atoms with E-state index >= 15 is 0 Å². The van der Waals surface area contributed by atoms with Crippen molar-refractivity contribution in [1.29, 1.82) is 5.26 Å². The molecule has 1 heterocycles. The minimum atomic E-state index is -0.443. The lowest BCUT2D eigenvalue weighted by Gasteiger charge is -1.94. The third-order valence-corrected chi connectivity index (χ3v) is 2.47. The molecule has 2 rings (SSSR count). The fourth-order valence-electron chi connectivity index (χ4n) is 0.984. The SMILES string of the molecule is CSc1nnc(C2(C#N)CC2)o1. The van der Waals surface area contributed by atoms with Crippen LogP contribution in [0.4, 0.5) is 0 Å². The van der Waals surface area contributed by atoms with Crippen LogP contribution in [0.25, 0.3) is 0 Å². The van der Waals surface area contributed by atoms with E-state index in [1.807, 2.05) is 6.26 Å². The number of aromatic nitrogens is 2. The summed E-state index contributed by atoms with van der Waals surface area (Å²) in [6, 6.07) is 2.20. The summed E-state index contributed by atoms with van der Waals surface area (Å²) >= 11 is 1.39. The van der Waals surface area contributed by atoms with Gasteiger partial charge < -0.3 is 4.42 Å². The van der Waals surface area contributed by atoms with E-state index in [-0.39, 0.29) is 0 Å². The molecule has 0 aliphatic heterocycles. The predicted octanol–water partition coefficient (Wildman–Crippen LogP) is 1.35. The van der Waals surface area contributed by atoms with Crippen molar-refractivity contribution in [1.82, 2.24) is 10.2 Å². The molecule has 1 aromatic heterocycles. The normalized spacial score (nSPS) is 18.7. The maximum absolute atomic E-state index is 8.81. The van der Waals surface area contributed by atoms with Gasteiger partial charge in [-0.15, -0.1) is 10.2 Å². The van der Waals surface area contributed by atoms with E-state index in [2.05, 4.69) is 16.3 Å². The Kier molecular flexibility index (Phi) is 1.58. The van der Waals surface area contributed by atoms with Crippen molar-refractivity contribution in [3.63, 3.8) is 0 Å². The molecular weight excluding hydrogens is 174 g/mol. The highest BCUT2D eigenvalue weighted by atomic mass is 32.2. The fourth-order valence-corrected chi connectivity index (χ4v) is 1.27. The summed E-state index contributed by atoms with van der Waals surface area (Å²) in [7, 11) is 0. The Balaban J connectivity index is 2.30. The lowest BCUT2D eigenvalue weighted by Crippen LogP contribution is -2.02. The molecule has 0 saturated heterocycles. The molecule has 0 N–H and O–H groups in total. The van der Waals surface area contributed by atoms with Crippen molar-refractivity contribution in [2.75, 3.05) is 6.26 Å². The molecule has 0 unspecified atom stereocenters. The molecule has 4 nitrogen and oxygen atoms in total. The summed E-state index contributed by atoms with van der Waals surface area (Å²) in [5, 5.41) is 17.0. The standard InChI is InChI=1S/C7H7N3OS/c1-12-6-10-9-5(11-6)7(4-8)2-3-7/h2-3H2,1H3. The van der Waals surface area contributed by atoms with Gasteiger partial charge in [-0.2, -0.15) is 5.26 Å². The van der Waals surface area contributed by atoms with Crippen molar-refractivity contribution in [2.24, 2.45) is 0 Å². The van der Waals surface area contributed by atoms with Crippen molar-refractivity contribution in [3.05, 3.63) is 5.89 Å². The number of thioether (sulfide) groups is 1. The van der Waals surface area contributed by atoms with Crippen LogP contribution in [-0.4, -0.2) is 16.5 Å². The van der Waals surface area contributed by atoms with Gasteiger partial charge in [0, 0.05) is 0 Å². The Morgan fingerprint density at radius 2 is 2.33 bits per heavy atom. The minimum absolute atomic E-state index is 0.443. The second kappa shape index (κ2) is 2.49. The van der Waals surface area contributed by atoms with Crippen molar-refractivity contribution >= 4 is 11.8 Å². The zero-order valence-corrected chi connectivity index (χ0v) is 7.39. The van der Waals surface area contributed by atoms with E-state index in [1.165, 1.54) is 11.8 Å². The van der Waals surface area contributed by atoms with E-state index < -0.39 is 5.41 Å². The van der Waals surface area contributed by atoms with Crippen LogP contribution in [0.1, 0.15) is 18.7 Å². The van der Waals surface area contributed by atoms with Crippen LogP contribution in [0.3, 0.4) is 0 Å². The molecular formula is C7H7N3OS. The first kappa shape index (κ1) is 7.62. The van der Waals surface area contributed by atoms with E-state index in [4.69, 9.17) is 9.68 Å². The Hall–Kier alpha value is -1.02. The first-order valence-electron chi connectivity index (χ1n) is 3.60. The van der Waals surface area contributed by atoms with Gasteiger partial charge in [0.05, 0.1) is 6.07 Å². The molecule has 1 aliphatic rings. The molecule has 0 radical (unpaired) electrons. The number of hydrogen-bond donors (Lipinski definition) is 0. The van der Waals surface area contributed by atoms with E-state index in [0.717, 1.165) is 12.8 Å². The van der Waals surface area contributed by atoms with E-state index in [9.17, 15) is 0 Å². The van der Waals surface area contributed by atoms with Gasteiger partial charge in [0.15, 0.2) is 0 Å². The lowest BCUT2D eigenvalue weighted by molar-refractivity contribution is 0.398. The quantitative estimate of drug-likeness (QED) is 0.644. The molecule has 1 aliphatic carbocycles. The first-order chi connectivity index (χ1) is 5.80. The van der Waals surface area contributed by atoms with Gasteiger partial charge in [-0.3, -0.25) is 0 Å². The second-order valence-electron chi connectivity index (χ2n) is 2.77. The third-order valence-electron chi connectivity index (χ3n) is 1.95. The van der Waals surface area contributed by atoms with Crippen LogP contribution in [-0.2, 0) is 5.41 Å². The average Bonchev–Trinajstić information content (AvgIpc) is 2.77. The summed E-state index contributed by atoms with van der Waals surface area (Å²) in [6.07, 6.45) is 3.56. The topological polar surface area (TPSA) is 62.7 Å². The largest absolute Gasteiger partial charge is 0.414 e. The first-order valence-corrected chi connectivity index (χ1v) is 4.82. The van der Waals surface area contributed by atoms with Crippen LogP contribution < -0.4 is 0 Å². The molecule has 0 atom stereocenters. The molecule has 0 bridgehead atoms. The van der Waals surface area contributed by atoms with Crippen LogP contribution in [0.5, 0.6) is 0 Å². The fraction of sp³-hybridized carbons (Fsp3) is 0.571. The molecule has 12 heavy (non-hydrogen) atoms. The summed E-state index contributed by atoms with van der Waals surface area (Å²) < 4.78 is 5.27. The average molecular weight is 181 g/mol. The maximum Gasteiger partial charge on any atom is 0.276 e. The highest BCUT2D eigenvalue weighted by Gasteiger charge is 2.50. The molecule has 0 amide bonds. The Labute approximate surface area is 74.0 Å². The van der Waals surface area contributed by atoms with Gasteiger partial charge in [-0.25, -0.2) is 0 Å². The van der Waals surface area contributed by atoms with Gasteiger partial charge in [0.1, 0.15) is 5.41 Å². The molecule has 62 valence electrons. The van der Waals surface area contributed by atoms with Crippen LogP contribution in [0.2, 0.25) is 0 Å². The number of nitriles is 1. The molecule has 0 aromatic carbocycles. The molecule has 1 saturated carbocycles. The number of hydrogen-bond acceptors (Lipinski definition) is 5. The Morgan fingerprint density at radius 1 is 1.58 bits per heavy atom. The van der Waals surface area contributed by atoms with Crippen molar-refractivity contribution < 1.29 is 4.42 Å². The Bertz CT molecular complexity index is 337. The van der Waals surface area contributed by atoms with Gasteiger partial charge in [0.2, 0.25) is 5.89 Å². The number of rotatable bonds is 2. The molecule has 1 fully saturated rings. The highest BCUT2D eigenvalue weighted by molar-refractivity contribution is 7.98. The zero-order valence-electron chi connectivity index (χ0n) is 6.57. The summed E-state index contributed by atoms with van der Waals surface area (Å²) in [6.45, 7) is 0. The summed E-state index contributed by atoms with van der Waals surface area (Å²) in [5.74, 6) is 0.481. The van der Waals surface area contributed by atoms with Gasteiger partial charge >= 0.3 is 0 Å². The number of nitrogens with zero attached hydrogens (tertiary/aromatic N) is 3. The van der Waals surface area contributed by atoms with Crippen LogP contribution >= 0.6 is 11.8 Å². The predicted molar refractivity (Wildman–Crippen MR) is 42.6 cm³/mol. The molecule has 0 spiro atoms. The maximum atomic E-state index is 8.81. The lowest BCUT2D eigenvalue weighted by atomic mass is 10.1.